The van der Waals surface area contributed by atoms with Crippen LogP contribution >= 0.6 is 23.2 Å². The third-order valence-corrected chi connectivity index (χ3v) is 6.76. The van der Waals surface area contributed by atoms with E-state index in [4.69, 9.17) is 37.4 Å². The number of amides is 2. The number of nitrogens with one attached hydrogen (secondary N) is 1. The van der Waals surface area contributed by atoms with E-state index in [2.05, 4.69) is 5.32 Å². The topological polar surface area (TPSA) is 114 Å². The van der Waals surface area contributed by atoms with Gasteiger partial charge < -0.3 is 24.6 Å². The molecule has 11 heteroatoms. The van der Waals surface area contributed by atoms with Crippen molar-refractivity contribution >= 4 is 57.9 Å². The van der Waals surface area contributed by atoms with Crippen LogP contribution in [0.3, 0.4) is 0 Å². The summed E-state index contributed by atoms with van der Waals surface area (Å²) in [5, 5.41) is 14.2. The van der Waals surface area contributed by atoms with Gasteiger partial charge in [0.05, 0.1) is 43.5 Å². The lowest BCUT2D eigenvalue weighted by molar-refractivity contribution is -0.132. The second-order valence-corrected chi connectivity index (χ2v) is 9.24. The quantitative estimate of drug-likeness (QED) is 0.216. The molecule has 1 aliphatic heterocycles. The number of carbonyl (C=O) groups is 3. The normalized spacial score (nSPS) is 16.3. The molecule has 0 radical (unpaired) electrons. The molecule has 1 atom stereocenters. The van der Waals surface area contributed by atoms with E-state index < -0.39 is 23.5 Å². The number of ether oxygens (including phenoxy) is 3. The van der Waals surface area contributed by atoms with Gasteiger partial charge in [0.2, 0.25) is 5.91 Å². The summed E-state index contributed by atoms with van der Waals surface area (Å²) in [6.07, 6.45) is 0. The Balaban J connectivity index is 1.95. The first-order valence-electron chi connectivity index (χ1n) is 11.6. The summed E-state index contributed by atoms with van der Waals surface area (Å²) in [4.78, 5) is 39.6. The molecule has 0 spiro atoms. The zero-order valence-electron chi connectivity index (χ0n) is 21.4. The summed E-state index contributed by atoms with van der Waals surface area (Å²) in [6.45, 7) is 1.38. The summed E-state index contributed by atoms with van der Waals surface area (Å²) < 4.78 is 15.9. The molecule has 4 rings (SSSR count). The molecule has 0 bridgehead atoms. The van der Waals surface area contributed by atoms with Crippen molar-refractivity contribution in [1.29, 1.82) is 0 Å². The highest BCUT2D eigenvalue weighted by molar-refractivity contribution is 6.52. The van der Waals surface area contributed by atoms with Crippen LogP contribution in [0.5, 0.6) is 17.2 Å². The fourth-order valence-electron chi connectivity index (χ4n) is 4.40. The van der Waals surface area contributed by atoms with Crippen LogP contribution in [-0.4, -0.2) is 44.0 Å². The van der Waals surface area contributed by atoms with Crippen LogP contribution in [0.4, 0.5) is 11.4 Å². The van der Waals surface area contributed by atoms with E-state index in [1.54, 1.807) is 48.5 Å². The van der Waals surface area contributed by atoms with Crippen LogP contribution in [0.25, 0.3) is 5.76 Å². The van der Waals surface area contributed by atoms with Gasteiger partial charge in [-0.1, -0.05) is 35.3 Å². The van der Waals surface area contributed by atoms with E-state index in [0.717, 1.165) is 0 Å². The minimum absolute atomic E-state index is 0.00539. The number of rotatable bonds is 7. The predicted octanol–water partition coefficient (Wildman–Crippen LogP) is 5.60. The number of carbonyl (C=O) groups excluding carboxylic acids is 3. The molecular formula is C28H24Cl2N2O7. The van der Waals surface area contributed by atoms with Crippen molar-refractivity contribution in [2.75, 3.05) is 31.5 Å². The first kappa shape index (κ1) is 27.8. The van der Waals surface area contributed by atoms with Gasteiger partial charge in [0.1, 0.15) is 16.5 Å². The van der Waals surface area contributed by atoms with Crippen molar-refractivity contribution in [3.8, 4) is 17.2 Å². The molecule has 1 fully saturated rings. The molecule has 2 N–H and O–H groups in total. The SMILES string of the molecule is COc1ccc(C2/C(=C(\O)c3cc(Cl)c(OC)c(Cl)c3OC)C(=O)C(=O)N2c2ccc(NC(C)=O)cc2)cc1. The molecule has 39 heavy (non-hydrogen) atoms. The number of ketones is 1. The van der Waals surface area contributed by atoms with E-state index in [9.17, 15) is 19.5 Å². The number of halogens is 2. The summed E-state index contributed by atoms with van der Waals surface area (Å²) in [5.74, 6) is -1.89. The maximum absolute atomic E-state index is 13.5. The monoisotopic (exact) mass is 570 g/mol. The van der Waals surface area contributed by atoms with E-state index in [-0.39, 0.29) is 38.6 Å². The minimum Gasteiger partial charge on any atom is -0.507 e. The number of benzene rings is 3. The molecular weight excluding hydrogens is 547 g/mol. The second kappa shape index (κ2) is 11.3. The molecule has 1 aliphatic rings. The number of nitrogens with zero attached hydrogens (tertiary/aromatic N) is 1. The predicted molar refractivity (Wildman–Crippen MR) is 148 cm³/mol. The first-order chi connectivity index (χ1) is 18.6. The molecule has 3 aromatic carbocycles. The van der Waals surface area contributed by atoms with Crippen LogP contribution in [-0.2, 0) is 14.4 Å². The van der Waals surface area contributed by atoms with Crippen LogP contribution in [0.1, 0.15) is 24.1 Å². The summed E-state index contributed by atoms with van der Waals surface area (Å²) in [5.41, 5.74) is 1.20. The van der Waals surface area contributed by atoms with Crippen LogP contribution < -0.4 is 24.4 Å². The van der Waals surface area contributed by atoms with Gasteiger partial charge in [-0.05, 0) is 48.0 Å². The molecule has 2 amide bonds. The molecule has 9 nitrogen and oxygen atoms in total. The van der Waals surface area contributed by atoms with Crippen molar-refractivity contribution in [3.05, 3.63) is 81.3 Å². The van der Waals surface area contributed by atoms with Crippen molar-refractivity contribution in [2.24, 2.45) is 0 Å². The second-order valence-electron chi connectivity index (χ2n) is 8.46. The molecule has 0 saturated carbocycles. The zero-order valence-corrected chi connectivity index (χ0v) is 22.9. The summed E-state index contributed by atoms with van der Waals surface area (Å²) in [6, 6.07) is 13.4. The Kier molecular flexibility index (Phi) is 8.03. The molecule has 202 valence electrons. The molecule has 0 aliphatic carbocycles. The molecule has 1 heterocycles. The third-order valence-electron chi connectivity index (χ3n) is 6.14. The number of methoxy groups -OCH3 is 3. The average molecular weight is 571 g/mol. The summed E-state index contributed by atoms with van der Waals surface area (Å²) >= 11 is 12.8. The van der Waals surface area contributed by atoms with Gasteiger partial charge in [0, 0.05) is 18.3 Å². The van der Waals surface area contributed by atoms with Gasteiger partial charge in [0.15, 0.2) is 11.5 Å². The Labute approximate surface area is 234 Å². The van der Waals surface area contributed by atoms with Crippen LogP contribution in [0, 0.1) is 0 Å². The number of aliphatic hydroxyl groups is 1. The van der Waals surface area contributed by atoms with Gasteiger partial charge in [0.25, 0.3) is 11.7 Å². The fourth-order valence-corrected chi connectivity index (χ4v) is 5.09. The van der Waals surface area contributed by atoms with E-state index >= 15 is 0 Å². The number of hydrogen-bond acceptors (Lipinski definition) is 7. The number of hydrogen-bond donors (Lipinski definition) is 2. The number of anilines is 2. The van der Waals surface area contributed by atoms with Crippen LogP contribution in [0.2, 0.25) is 10.0 Å². The molecule has 0 aromatic heterocycles. The lowest BCUT2D eigenvalue weighted by Gasteiger charge is -2.26. The van der Waals surface area contributed by atoms with Gasteiger partial charge in [-0.3, -0.25) is 19.3 Å². The van der Waals surface area contributed by atoms with Crippen molar-refractivity contribution in [2.45, 2.75) is 13.0 Å². The molecule has 1 saturated heterocycles. The number of Topliss-reactive ketones (excluding diaryl/α,β-unsaturated/α-hetero) is 1. The molecule has 3 aromatic rings. The highest BCUT2D eigenvalue weighted by Crippen LogP contribution is 2.48. The van der Waals surface area contributed by atoms with Crippen molar-refractivity contribution in [3.63, 3.8) is 0 Å². The van der Waals surface area contributed by atoms with E-state index in [1.165, 1.54) is 39.2 Å². The highest BCUT2D eigenvalue weighted by atomic mass is 35.5. The Morgan fingerprint density at radius 2 is 1.54 bits per heavy atom. The van der Waals surface area contributed by atoms with E-state index in [0.29, 0.717) is 22.7 Å². The Morgan fingerprint density at radius 1 is 0.923 bits per heavy atom. The Hall–Kier alpha value is -4.21. The van der Waals surface area contributed by atoms with Gasteiger partial charge in [-0.15, -0.1) is 0 Å². The minimum atomic E-state index is -1.04. The third kappa shape index (κ3) is 5.10. The fraction of sp³-hybridized carbons (Fsp3) is 0.179. The van der Waals surface area contributed by atoms with Crippen molar-refractivity contribution in [1.82, 2.24) is 0 Å². The highest BCUT2D eigenvalue weighted by Gasteiger charge is 2.47. The Morgan fingerprint density at radius 3 is 2.08 bits per heavy atom. The average Bonchev–Trinajstić information content (AvgIpc) is 3.18. The van der Waals surface area contributed by atoms with Gasteiger partial charge in [-0.25, -0.2) is 0 Å². The summed E-state index contributed by atoms with van der Waals surface area (Å²) in [7, 11) is 4.22. The standard InChI is InChI=1S/C28H24Cl2N2O7/c1-14(33)31-16-7-9-17(10-8-16)32-23(15-5-11-18(37-2)12-6-15)21(25(35)28(32)36)24(34)19-13-20(29)27(39-4)22(30)26(19)38-3/h5-13,23,34H,1-4H3,(H,31,33)/b24-21+. The first-order valence-corrected chi connectivity index (χ1v) is 12.3. The zero-order chi connectivity index (χ0) is 28.4. The smallest absolute Gasteiger partial charge is 0.300 e. The Bertz CT molecular complexity index is 1490. The maximum Gasteiger partial charge on any atom is 0.300 e. The van der Waals surface area contributed by atoms with Gasteiger partial charge in [-0.2, -0.15) is 0 Å². The van der Waals surface area contributed by atoms with Gasteiger partial charge >= 0.3 is 0 Å². The lowest BCUT2D eigenvalue weighted by Crippen LogP contribution is -2.29. The maximum atomic E-state index is 13.5. The van der Waals surface area contributed by atoms with Crippen molar-refractivity contribution < 1.29 is 33.7 Å². The molecule has 1 unspecified atom stereocenters. The largest absolute Gasteiger partial charge is 0.507 e. The number of aliphatic hydroxyl groups excluding tert-OH is 1. The lowest BCUT2D eigenvalue weighted by atomic mass is 9.94. The van der Waals surface area contributed by atoms with E-state index in [1.807, 2.05) is 0 Å². The van der Waals surface area contributed by atoms with Crippen LogP contribution in [0.15, 0.2) is 60.2 Å².